The zero-order chi connectivity index (χ0) is 41.8. The molecule has 0 unspecified atom stereocenters. The third-order valence-corrected chi connectivity index (χ3v) is 10.4. The van der Waals surface area contributed by atoms with Gasteiger partial charge in [0.25, 0.3) is 0 Å². The molecule has 10 rings (SSSR count). The second-order valence-electron chi connectivity index (χ2n) is 14.7. The molecule has 0 saturated heterocycles. The first kappa shape index (κ1) is 37.3. The number of hydrogen-bond acceptors (Lipinski definition) is 9. The van der Waals surface area contributed by atoms with Crippen molar-refractivity contribution in [2.75, 3.05) is 0 Å². The lowest BCUT2D eigenvalue weighted by atomic mass is 10.0. The van der Waals surface area contributed by atoms with Crippen LogP contribution in [0.5, 0.6) is 0 Å². The Morgan fingerprint density at radius 2 is 0.770 bits per heavy atom. The van der Waals surface area contributed by atoms with Crippen LogP contribution in [0, 0.1) is 39.3 Å². The van der Waals surface area contributed by atoms with Gasteiger partial charge in [0, 0.05) is 44.7 Å². The van der Waals surface area contributed by atoms with Gasteiger partial charge in [-0.15, -0.1) is 0 Å². The molecule has 0 aliphatic rings. The maximum absolute atomic E-state index is 14.8. The molecule has 0 fully saturated rings. The summed E-state index contributed by atoms with van der Waals surface area (Å²) in [6.45, 7) is 7.41. The van der Waals surface area contributed by atoms with E-state index in [4.69, 9.17) is 15.0 Å². The lowest BCUT2D eigenvalue weighted by Gasteiger charge is -2.16. The molecule has 0 bridgehead atoms. The van der Waals surface area contributed by atoms with Crippen LogP contribution in [0.2, 0.25) is 0 Å². The molecule has 0 aliphatic carbocycles. The molecule has 10 nitrogen and oxygen atoms in total. The van der Waals surface area contributed by atoms with Gasteiger partial charge in [-0.25, -0.2) is 53.6 Å². The lowest BCUT2D eigenvalue weighted by Crippen LogP contribution is -2.04. The van der Waals surface area contributed by atoms with Crippen LogP contribution in [0.3, 0.4) is 0 Å². The van der Waals surface area contributed by atoms with Gasteiger partial charge in [-0.3, -0.25) is 0 Å². The van der Waals surface area contributed by atoms with E-state index in [1.807, 2.05) is 131 Å². The van der Waals surface area contributed by atoms with E-state index < -0.39 is 11.6 Å². The van der Waals surface area contributed by atoms with Gasteiger partial charge < -0.3 is 4.57 Å². The molecule has 0 atom stereocenters. The van der Waals surface area contributed by atoms with Crippen molar-refractivity contribution in [1.82, 2.24) is 49.4 Å². The monoisotopic (exact) mass is 800 g/mol. The van der Waals surface area contributed by atoms with Crippen LogP contribution in [0.4, 0.5) is 8.78 Å². The average Bonchev–Trinajstić information content (AvgIpc) is 3.58. The van der Waals surface area contributed by atoms with Gasteiger partial charge in [0.1, 0.15) is 34.9 Å². The Labute approximate surface area is 348 Å². The van der Waals surface area contributed by atoms with Crippen LogP contribution in [-0.4, -0.2) is 49.4 Å². The predicted octanol–water partition coefficient (Wildman–Crippen LogP) is 10.9. The number of hydrogen-bond donors (Lipinski definition) is 0. The first-order valence-corrected chi connectivity index (χ1v) is 19.6. The third kappa shape index (κ3) is 7.14. The van der Waals surface area contributed by atoms with E-state index in [0.29, 0.717) is 69.1 Å². The fraction of sp³-hybridized carbons (Fsp3) is 0.0816. The number of rotatable bonds is 7. The summed E-state index contributed by atoms with van der Waals surface area (Å²) < 4.78 is 31.7. The smallest absolute Gasteiger partial charge is 0.166 e. The summed E-state index contributed by atoms with van der Waals surface area (Å²) in [7, 11) is 0. The van der Waals surface area contributed by atoms with E-state index in [1.54, 1.807) is 0 Å². The molecule has 294 valence electrons. The number of aryl methyl sites for hydroxylation is 4. The van der Waals surface area contributed by atoms with Gasteiger partial charge in [-0.1, -0.05) is 66.7 Å². The molecular weight excluding hydrogens is 767 g/mol. The van der Waals surface area contributed by atoms with Crippen molar-refractivity contribution in [3.05, 3.63) is 168 Å². The molecule has 0 amide bonds. The number of fused-ring (bicyclic) bond motifs is 3. The molecule has 0 spiro atoms. The first-order valence-electron chi connectivity index (χ1n) is 19.6. The van der Waals surface area contributed by atoms with Gasteiger partial charge in [0.2, 0.25) is 0 Å². The molecule has 0 saturated carbocycles. The van der Waals surface area contributed by atoms with E-state index in [1.165, 1.54) is 12.1 Å². The van der Waals surface area contributed by atoms with E-state index in [0.717, 1.165) is 55.8 Å². The molecule has 6 aromatic carbocycles. The molecule has 12 heteroatoms. The van der Waals surface area contributed by atoms with Crippen molar-refractivity contribution in [3.63, 3.8) is 0 Å². The molecule has 0 radical (unpaired) electrons. The van der Waals surface area contributed by atoms with E-state index in [-0.39, 0.29) is 0 Å². The highest BCUT2D eigenvalue weighted by Crippen LogP contribution is 2.40. The summed E-state index contributed by atoms with van der Waals surface area (Å²) in [6, 6.07) is 40.9. The Morgan fingerprint density at radius 1 is 0.344 bits per heavy atom. The van der Waals surface area contributed by atoms with Gasteiger partial charge >= 0.3 is 0 Å². The van der Waals surface area contributed by atoms with Gasteiger partial charge in [0.15, 0.2) is 29.1 Å². The zero-order valence-corrected chi connectivity index (χ0v) is 33.4. The Kier molecular flexibility index (Phi) is 9.17. The average molecular weight is 801 g/mol. The predicted molar refractivity (Wildman–Crippen MR) is 232 cm³/mol. The van der Waals surface area contributed by atoms with Crippen LogP contribution in [0.15, 0.2) is 133 Å². The normalized spacial score (nSPS) is 11.4. The van der Waals surface area contributed by atoms with Crippen molar-refractivity contribution in [1.29, 1.82) is 0 Å². The van der Waals surface area contributed by atoms with Crippen molar-refractivity contribution < 1.29 is 8.78 Å². The fourth-order valence-electron chi connectivity index (χ4n) is 7.79. The number of halogens is 2. The summed E-state index contributed by atoms with van der Waals surface area (Å²) in [5.41, 5.74) is 7.26. The van der Waals surface area contributed by atoms with Crippen LogP contribution < -0.4 is 0 Å². The molecule has 0 N–H and O–H groups in total. The fourth-order valence-corrected chi connectivity index (χ4v) is 7.79. The summed E-state index contributed by atoms with van der Waals surface area (Å²) in [4.78, 5) is 42.7. The van der Waals surface area contributed by atoms with Crippen LogP contribution >= 0.6 is 0 Å². The minimum Gasteiger partial charge on any atom is -0.308 e. The van der Waals surface area contributed by atoms with Gasteiger partial charge in [0.05, 0.1) is 16.7 Å². The second-order valence-corrected chi connectivity index (χ2v) is 14.7. The Morgan fingerprint density at radius 3 is 1.25 bits per heavy atom. The highest BCUT2D eigenvalue weighted by molar-refractivity contribution is 6.12. The highest BCUT2D eigenvalue weighted by Gasteiger charge is 2.22. The molecular formula is C49H34F2N10. The number of benzene rings is 6. The van der Waals surface area contributed by atoms with Gasteiger partial charge in [-0.2, -0.15) is 0 Å². The molecule has 61 heavy (non-hydrogen) atoms. The number of nitrogens with zero attached hydrogens (tertiary/aromatic N) is 10. The lowest BCUT2D eigenvalue weighted by molar-refractivity contribution is 0.584. The van der Waals surface area contributed by atoms with Crippen LogP contribution in [0.25, 0.3) is 95.6 Å². The minimum absolute atomic E-state index is 0.369. The van der Waals surface area contributed by atoms with Crippen molar-refractivity contribution in [2.45, 2.75) is 27.7 Å². The Balaban J connectivity index is 1.28. The van der Waals surface area contributed by atoms with Crippen molar-refractivity contribution >= 4 is 21.8 Å². The minimum atomic E-state index is -0.681. The molecule has 10 aromatic rings. The summed E-state index contributed by atoms with van der Waals surface area (Å²) in [5.74, 6) is 3.57. The quantitative estimate of drug-likeness (QED) is 0.155. The highest BCUT2D eigenvalue weighted by atomic mass is 19.1. The second kappa shape index (κ2) is 15.0. The Hall–Kier alpha value is -7.99. The molecule has 4 heterocycles. The van der Waals surface area contributed by atoms with E-state index in [2.05, 4.69) is 46.6 Å². The standard InChI is InChI=1S/C49H34F2N10/c1-27-52-28(2)55-47(54-27)34-16-19-42-39(24-34)40-25-35(48-56-29(3)53-30(4)57-48)17-20-43(40)61(42)44-18-15-33(36-21-37(50)26-38(51)22-36)23-41(44)49-59-45(31-11-7-5-8-12-31)58-46(60-49)32-13-9-6-10-14-32/h5-26H,1-4H3. The van der Waals surface area contributed by atoms with E-state index in [9.17, 15) is 8.78 Å². The third-order valence-electron chi connectivity index (χ3n) is 10.4. The zero-order valence-electron chi connectivity index (χ0n) is 33.4. The summed E-state index contributed by atoms with van der Waals surface area (Å²) >= 11 is 0. The van der Waals surface area contributed by atoms with E-state index >= 15 is 0 Å². The van der Waals surface area contributed by atoms with Crippen molar-refractivity contribution in [2.24, 2.45) is 0 Å². The molecule has 0 aliphatic heterocycles. The largest absolute Gasteiger partial charge is 0.308 e. The summed E-state index contributed by atoms with van der Waals surface area (Å²) in [6.07, 6.45) is 0. The SMILES string of the molecule is Cc1nc(C)nc(-c2ccc3c(c2)c2cc(-c4nc(C)nc(C)n4)ccc2n3-c2ccc(-c3cc(F)cc(F)c3)cc2-c2nc(-c3ccccc3)nc(-c3ccccc3)n2)n1. The maximum atomic E-state index is 14.8. The Bertz CT molecular complexity index is 3110. The summed E-state index contributed by atoms with van der Waals surface area (Å²) in [5, 5.41) is 1.83. The first-order chi connectivity index (χ1) is 29.6. The molecule has 4 aromatic heterocycles. The van der Waals surface area contributed by atoms with Crippen LogP contribution in [-0.2, 0) is 0 Å². The number of aromatic nitrogens is 10. The van der Waals surface area contributed by atoms with Gasteiger partial charge in [-0.05, 0) is 99.5 Å². The van der Waals surface area contributed by atoms with Crippen LogP contribution in [0.1, 0.15) is 23.3 Å². The van der Waals surface area contributed by atoms with Crippen molar-refractivity contribution in [3.8, 4) is 73.8 Å². The topological polar surface area (TPSA) is 121 Å². The maximum Gasteiger partial charge on any atom is 0.166 e.